The highest BCUT2D eigenvalue weighted by Gasteiger charge is 2.46. The van der Waals surface area contributed by atoms with E-state index in [0.717, 1.165) is 19.5 Å². The second-order valence-electron chi connectivity index (χ2n) is 11.8. The van der Waals surface area contributed by atoms with Gasteiger partial charge in [-0.1, -0.05) is 24.2 Å². The Morgan fingerprint density at radius 2 is 1.93 bits per heavy atom. The van der Waals surface area contributed by atoms with E-state index in [0.29, 0.717) is 38.7 Å². The first kappa shape index (κ1) is 28.7. The Morgan fingerprint density at radius 1 is 1.17 bits per heavy atom. The third kappa shape index (κ3) is 4.87. The number of anilines is 1. The second kappa shape index (κ2) is 11.0. The van der Waals surface area contributed by atoms with Crippen LogP contribution < -0.4 is 9.64 Å². The Balaban J connectivity index is 1.49. The zero-order valence-electron chi connectivity index (χ0n) is 23.8. The molecular weight excluding hydrogens is 565 g/mol. The van der Waals surface area contributed by atoms with Crippen molar-refractivity contribution in [3.63, 3.8) is 0 Å². The SMILES string of the molecule is C=CC(=O)N1CCN2C(=O)c3c(N4C[C@H](N5CCOCC5)CC4(C)C)nc(-c4c(O)cccc4F)c(Cl)c3OC[C@H]2C1. The summed E-state index contributed by atoms with van der Waals surface area (Å²) in [5.74, 6) is -1.10. The van der Waals surface area contributed by atoms with Gasteiger partial charge in [0.2, 0.25) is 5.91 Å². The number of phenolic OH excluding ortho intramolecular Hbond substituents is 1. The molecule has 2 amide bonds. The van der Waals surface area contributed by atoms with Gasteiger partial charge in [0.1, 0.15) is 40.3 Å². The van der Waals surface area contributed by atoms with Crippen LogP contribution in [0.15, 0.2) is 30.9 Å². The number of fused-ring (bicyclic) bond motifs is 2. The van der Waals surface area contributed by atoms with E-state index in [1.54, 1.807) is 9.80 Å². The van der Waals surface area contributed by atoms with Crippen LogP contribution in [0, 0.1) is 5.82 Å². The summed E-state index contributed by atoms with van der Waals surface area (Å²) in [6.45, 7) is 12.3. The molecule has 42 heavy (non-hydrogen) atoms. The molecule has 0 spiro atoms. The number of morpholine rings is 1. The fraction of sp³-hybridized carbons (Fsp3) is 0.500. The lowest BCUT2D eigenvalue weighted by Crippen LogP contribution is -2.57. The number of amides is 2. The molecule has 1 N–H and O–H groups in total. The van der Waals surface area contributed by atoms with Gasteiger partial charge < -0.3 is 29.3 Å². The Hall–Kier alpha value is -3.41. The number of ether oxygens (including phenoxy) is 2. The van der Waals surface area contributed by atoms with Gasteiger partial charge in [-0.05, 0) is 38.5 Å². The highest BCUT2D eigenvalue weighted by Crippen LogP contribution is 2.48. The Bertz CT molecular complexity index is 1410. The molecule has 0 unspecified atom stereocenters. The number of nitrogens with zero attached hydrogens (tertiary/aromatic N) is 5. The molecule has 0 radical (unpaired) electrons. The Morgan fingerprint density at radius 3 is 2.64 bits per heavy atom. The lowest BCUT2D eigenvalue weighted by atomic mass is 9.98. The van der Waals surface area contributed by atoms with Gasteiger partial charge in [0.05, 0.1) is 24.8 Å². The van der Waals surface area contributed by atoms with E-state index in [9.17, 15) is 14.7 Å². The number of carbonyl (C=O) groups is 2. The van der Waals surface area contributed by atoms with Crippen molar-refractivity contribution in [3.05, 3.63) is 47.3 Å². The van der Waals surface area contributed by atoms with Crippen LogP contribution in [0.3, 0.4) is 0 Å². The highest BCUT2D eigenvalue weighted by molar-refractivity contribution is 6.35. The van der Waals surface area contributed by atoms with Crippen molar-refractivity contribution in [2.24, 2.45) is 0 Å². The van der Waals surface area contributed by atoms with Crippen LogP contribution in [-0.2, 0) is 9.53 Å². The van der Waals surface area contributed by atoms with E-state index in [4.69, 9.17) is 26.1 Å². The summed E-state index contributed by atoms with van der Waals surface area (Å²) in [7, 11) is 0. The number of carbonyl (C=O) groups excluding carboxylic acids is 2. The molecule has 4 aliphatic heterocycles. The van der Waals surface area contributed by atoms with E-state index >= 15 is 4.39 Å². The van der Waals surface area contributed by atoms with Crippen LogP contribution in [-0.4, -0.2) is 113 Å². The fourth-order valence-electron chi connectivity index (χ4n) is 6.65. The third-order valence-electron chi connectivity index (χ3n) is 8.84. The van der Waals surface area contributed by atoms with Crippen molar-refractivity contribution in [1.29, 1.82) is 0 Å². The van der Waals surface area contributed by atoms with E-state index in [2.05, 4.69) is 30.2 Å². The van der Waals surface area contributed by atoms with Crippen molar-refractivity contribution < 1.29 is 28.6 Å². The lowest BCUT2D eigenvalue weighted by Gasteiger charge is -2.40. The van der Waals surface area contributed by atoms with Gasteiger partial charge in [0.25, 0.3) is 5.91 Å². The summed E-state index contributed by atoms with van der Waals surface area (Å²) in [5, 5.41) is 10.6. The molecule has 0 aliphatic carbocycles. The summed E-state index contributed by atoms with van der Waals surface area (Å²) in [4.78, 5) is 39.4. The zero-order valence-corrected chi connectivity index (χ0v) is 24.6. The highest BCUT2D eigenvalue weighted by atomic mass is 35.5. The molecule has 10 nitrogen and oxygen atoms in total. The Labute approximate surface area is 249 Å². The molecule has 2 aromatic rings. The Kier molecular flexibility index (Phi) is 7.53. The van der Waals surface area contributed by atoms with Crippen molar-refractivity contribution in [3.8, 4) is 22.8 Å². The number of pyridine rings is 1. The van der Waals surface area contributed by atoms with Crippen LogP contribution in [0.1, 0.15) is 30.6 Å². The fourth-order valence-corrected chi connectivity index (χ4v) is 6.94. The molecule has 12 heteroatoms. The zero-order chi connectivity index (χ0) is 29.8. The molecule has 5 heterocycles. The molecule has 4 aliphatic rings. The number of piperazine rings is 1. The number of benzene rings is 1. The maximum Gasteiger partial charge on any atom is 0.261 e. The number of hydrogen-bond acceptors (Lipinski definition) is 8. The summed E-state index contributed by atoms with van der Waals surface area (Å²) >= 11 is 6.89. The van der Waals surface area contributed by atoms with Crippen LogP contribution >= 0.6 is 11.6 Å². The van der Waals surface area contributed by atoms with Gasteiger partial charge >= 0.3 is 0 Å². The number of aromatic nitrogens is 1. The number of phenols is 1. The van der Waals surface area contributed by atoms with Gasteiger partial charge in [-0.15, -0.1) is 0 Å². The monoisotopic (exact) mass is 599 g/mol. The minimum absolute atomic E-state index is 0.00257. The predicted molar refractivity (Wildman–Crippen MR) is 156 cm³/mol. The largest absolute Gasteiger partial charge is 0.507 e. The predicted octanol–water partition coefficient (Wildman–Crippen LogP) is 3.17. The smallest absolute Gasteiger partial charge is 0.261 e. The number of rotatable bonds is 4. The standard InChI is InChI=1S/C30H35ClFN5O5/c1-4-22(39)35-8-9-36-19(15-35)17-42-27-24(29(36)40)28(33-26(25(27)31)23-20(32)6-5-7-21(23)38)37-16-18(14-30(37,2)3)34-10-12-41-13-11-34/h4-7,18-19,38H,1,8-17H2,2-3H3/t18-,19-/m1/s1. The molecule has 224 valence electrons. The topological polar surface area (TPSA) is 98.7 Å². The van der Waals surface area contributed by atoms with Crippen LogP contribution in [0.4, 0.5) is 10.2 Å². The van der Waals surface area contributed by atoms with Gasteiger partial charge in [0, 0.05) is 50.8 Å². The molecule has 0 saturated carbocycles. The number of hydrogen-bond donors (Lipinski definition) is 1. The van der Waals surface area contributed by atoms with Gasteiger partial charge in [-0.25, -0.2) is 9.37 Å². The summed E-state index contributed by atoms with van der Waals surface area (Å²) in [6.07, 6.45) is 2.07. The first-order valence-electron chi connectivity index (χ1n) is 14.3. The molecule has 1 aromatic heterocycles. The van der Waals surface area contributed by atoms with Crippen molar-refractivity contribution in [2.45, 2.75) is 37.9 Å². The van der Waals surface area contributed by atoms with E-state index in [-0.39, 0.29) is 64.4 Å². The normalized spacial score (nSPS) is 24.1. The van der Waals surface area contributed by atoms with Crippen molar-refractivity contribution >= 4 is 29.2 Å². The second-order valence-corrected chi connectivity index (χ2v) is 12.2. The maximum atomic E-state index is 15.2. The first-order valence-corrected chi connectivity index (χ1v) is 14.6. The molecule has 0 bridgehead atoms. The molecule has 3 saturated heterocycles. The lowest BCUT2D eigenvalue weighted by molar-refractivity contribution is -0.128. The van der Waals surface area contributed by atoms with Crippen molar-refractivity contribution in [2.75, 3.05) is 64.0 Å². The van der Waals surface area contributed by atoms with Gasteiger partial charge in [0.15, 0.2) is 5.75 Å². The van der Waals surface area contributed by atoms with E-state index < -0.39 is 17.4 Å². The molecular formula is C30H35ClFN5O5. The molecule has 1 aromatic carbocycles. The molecule has 6 rings (SSSR count). The van der Waals surface area contributed by atoms with E-state index in [1.165, 1.54) is 24.3 Å². The third-order valence-corrected chi connectivity index (χ3v) is 9.20. The van der Waals surface area contributed by atoms with Crippen LogP contribution in [0.5, 0.6) is 11.5 Å². The number of aromatic hydroxyl groups is 1. The average Bonchev–Trinajstić information content (AvgIpc) is 3.22. The van der Waals surface area contributed by atoms with Gasteiger partial charge in [-0.2, -0.15) is 0 Å². The number of halogens is 2. The van der Waals surface area contributed by atoms with Crippen LogP contribution in [0.2, 0.25) is 5.02 Å². The minimum Gasteiger partial charge on any atom is -0.507 e. The van der Waals surface area contributed by atoms with Gasteiger partial charge in [-0.3, -0.25) is 14.5 Å². The minimum atomic E-state index is -0.696. The maximum absolute atomic E-state index is 15.2. The first-order chi connectivity index (χ1) is 20.1. The summed E-state index contributed by atoms with van der Waals surface area (Å²) in [5.41, 5.74) is -0.370. The summed E-state index contributed by atoms with van der Waals surface area (Å²) < 4.78 is 27.1. The van der Waals surface area contributed by atoms with Crippen molar-refractivity contribution in [1.82, 2.24) is 19.7 Å². The van der Waals surface area contributed by atoms with Crippen LogP contribution in [0.25, 0.3) is 11.3 Å². The summed E-state index contributed by atoms with van der Waals surface area (Å²) in [6, 6.07) is 3.75. The molecule has 2 atom stereocenters. The quantitative estimate of drug-likeness (QED) is 0.535. The average molecular weight is 600 g/mol. The molecule has 3 fully saturated rings. The van der Waals surface area contributed by atoms with E-state index in [1.807, 2.05) is 0 Å².